The van der Waals surface area contributed by atoms with Crippen LogP contribution in [-0.2, 0) is 9.53 Å². The number of fused-ring (bicyclic) bond motifs is 1. The number of carbonyl (C=O) groups is 2. The summed E-state index contributed by atoms with van der Waals surface area (Å²) in [7, 11) is 0. The van der Waals surface area contributed by atoms with Crippen LogP contribution in [0.3, 0.4) is 0 Å². The zero-order valence-corrected chi connectivity index (χ0v) is 12.4. The molecule has 1 aromatic carbocycles. The molecule has 0 fully saturated rings. The number of para-hydroxylation sites is 1. The lowest BCUT2D eigenvalue weighted by atomic mass is 10.2. The van der Waals surface area contributed by atoms with Crippen LogP contribution in [0.2, 0.25) is 0 Å². The first-order chi connectivity index (χ1) is 10.5. The van der Waals surface area contributed by atoms with Gasteiger partial charge in [0.15, 0.2) is 6.61 Å². The molecule has 0 radical (unpaired) electrons. The lowest BCUT2D eigenvalue weighted by Gasteiger charge is -2.11. The van der Waals surface area contributed by atoms with Gasteiger partial charge in [0, 0.05) is 11.4 Å². The molecule has 1 heterocycles. The Morgan fingerprint density at radius 2 is 2.05 bits per heavy atom. The number of esters is 1. The second-order valence-electron chi connectivity index (χ2n) is 4.94. The lowest BCUT2D eigenvalue weighted by molar-refractivity contribution is -0.124. The molecule has 1 amide bonds. The van der Waals surface area contributed by atoms with Crippen LogP contribution in [0, 0.1) is 0 Å². The standard InChI is InChI=1S/C16H17NO5/c1-3-10(2)17-14(18)9-21-15(19)12-8-11-6-4-5-7-13(11)22-16(12)20/h4-8,10H,3,9H2,1-2H3,(H,17,18)/t10-/m0/s1. The first kappa shape index (κ1) is 15.8. The third kappa shape index (κ3) is 3.72. The van der Waals surface area contributed by atoms with Gasteiger partial charge in [0.2, 0.25) is 0 Å². The fourth-order valence-corrected chi connectivity index (χ4v) is 1.83. The third-order valence-electron chi connectivity index (χ3n) is 3.22. The van der Waals surface area contributed by atoms with E-state index in [0.29, 0.717) is 11.0 Å². The predicted molar refractivity (Wildman–Crippen MR) is 80.7 cm³/mol. The van der Waals surface area contributed by atoms with Crippen LogP contribution in [0.4, 0.5) is 0 Å². The molecular formula is C16H17NO5. The average molecular weight is 303 g/mol. The second-order valence-corrected chi connectivity index (χ2v) is 4.94. The van der Waals surface area contributed by atoms with Crippen molar-refractivity contribution in [2.75, 3.05) is 6.61 Å². The SMILES string of the molecule is CC[C@H](C)NC(=O)COC(=O)c1cc2ccccc2oc1=O. The highest BCUT2D eigenvalue weighted by atomic mass is 16.5. The molecule has 0 saturated heterocycles. The summed E-state index contributed by atoms with van der Waals surface area (Å²) in [6, 6.07) is 8.23. The van der Waals surface area contributed by atoms with Crippen LogP contribution in [-0.4, -0.2) is 24.5 Å². The summed E-state index contributed by atoms with van der Waals surface area (Å²) in [6.07, 6.45) is 0.772. The Bertz CT molecular complexity index is 750. The molecule has 2 aromatic rings. The van der Waals surface area contributed by atoms with Gasteiger partial charge in [-0.3, -0.25) is 4.79 Å². The molecule has 6 heteroatoms. The van der Waals surface area contributed by atoms with E-state index in [1.54, 1.807) is 24.3 Å². The maximum Gasteiger partial charge on any atom is 0.351 e. The Morgan fingerprint density at radius 1 is 1.32 bits per heavy atom. The quantitative estimate of drug-likeness (QED) is 0.673. The fourth-order valence-electron chi connectivity index (χ4n) is 1.83. The van der Waals surface area contributed by atoms with Crippen molar-refractivity contribution in [3.05, 3.63) is 46.3 Å². The molecule has 0 spiro atoms. The van der Waals surface area contributed by atoms with Crippen LogP contribution in [0.15, 0.2) is 39.5 Å². The smallest absolute Gasteiger partial charge is 0.351 e. The van der Waals surface area contributed by atoms with Gasteiger partial charge in [-0.2, -0.15) is 0 Å². The van der Waals surface area contributed by atoms with Crippen LogP contribution in [0.25, 0.3) is 11.0 Å². The molecule has 6 nitrogen and oxygen atoms in total. The summed E-state index contributed by atoms with van der Waals surface area (Å²) in [4.78, 5) is 35.2. The van der Waals surface area contributed by atoms with Crippen molar-refractivity contribution in [1.82, 2.24) is 5.32 Å². The maximum atomic E-state index is 11.9. The summed E-state index contributed by atoms with van der Waals surface area (Å²) >= 11 is 0. The molecule has 22 heavy (non-hydrogen) atoms. The minimum atomic E-state index is -0.876. The number of carbonyl (C=O) groups excluding carboxylic acids is 2. The molecule has 0 aliphatic heterocycles. The lowest BCUT2D eigenvalue weighted by Crippen LogP contribution is -2.35. The van der Waals surface area contributed by atoms with E-state index in [4.69, 9.17) is 9.15 Å². The largest absolute Gasteiger partial charge is 0.452 e. The Hall–Kier alpha value is -2.63. The van der Waals surface area contributed by atoms with Crippen LogP contribution < -0.4 is 10.9 Å². The third-order valence-corrected chi connectivity index (χ3v) is 3.22. The Kier molecular flexibility index (Phi) is 4.93. The van der Waals surface area contributed by atoms with Crippen LogP contribution in [0.1, 0.15) is 30.6 Å². The molecule has 0 aliphatic carbocycles. The monoisotopic (exact) mass is 303 g/mol. The van der Waals surface area contributed by atoms with Crippen LogP contribution >= 0.6 is 0 Å². The Labute approximate surface area is 127 Å². The highest BCUT2D eigenvalue weighted by molar-refractivity contribution is 5.94. The highest BCUT2D eigenvalue weighted by Crippen LogP contribution is 2.13. The van der Waals surface area contributed by atoms with Crippen molar-refractivity contribution < 1.29 is 18.7 Å². The topological polar surface area (TPSA) is 85.6 Å². The highest BCUT2D eigenvalue weighted by Gasteiger charge is 2.17. The molecule has 0 saturated carbocycles. The van der Waals surface area contributed by atoms with E-state index in [1.165, 1.54) is 6.07 Å². The van der Waals surface area contributed by atoms with Gasteiger partial charge >= 0.3 is 11.6 Å². The van der Waals surface area contributed by atoms with Crippen molar-refractivity contribution in [1.29, 1.82) is 0 Å². The number of nitrogens with one attached hydrogen (secondary N) is 1. The molecule has 1 aromatic heterocycles. The van der Waals surface area contributed by atoms with E-state index in [0.717, 1.165) is 6.42 Å². The predicted octanol–water partition coefficient (Wildman–Crippen LogP) is 1.86. The maximum absolute atomic E-state index is 11.9. The number of rotatable bonds is 5. The van der Waals surface area contributed by atoms with Gasteiger partial charge in [-0.05, 0) is 25.5 Å². The number of ether oxygens (including phenoxy) is 1. The number of amides is 1. The van der Waals surface area contributed by atoms with Crippen molar-refractivity contribution >= 4 is 22.8 Å². The number of hydrogen-bond acceptors (Lipinski definition) is 5. The minimum Gasteiger partial charge on any atom is -0.452 e. The van der Waals surface area contributed by atoms with Gasteiger partial charge in [-0.15, -0.1) is 0 Å². The van der Waals surface area contributed by atoms with Gasteiger partial charge in [-0.25, -0.2) is 9.59 Å². The van der Waals surface area contributed by atoms with Crippen molar-refractivity contribution in [3.63, 3.8) is 0 Å². The molecule has 2 rings (SSSR count). The number of hydrogen-bond donors (Lipinski definition) is 1. The first-order valence-corrected chi connectivity index (χ1v) is 7.00. The van der Waals surface area contributed by atoms with E-state index in [2.05, 4.69) is 5.32 Å². The molecule has 0 aliphatic rings. The Morgan fingerprint density at radius 3 is 2.77 bits per heavy atom. The zero-order valence-electron chi connectivity index (χ0n) is 12.4. The molecule has 1 N–H and O–H groups in total. The van der Waals surface area contributed by atoms with Gasteiger partial charge < -0.3 is 14.5 Å². The molecule has 0 unspecified atom stereocenters. The van der Waals surface area contributed by atoms with Crippen LogP contribution in [0.5, 0.6) is 0 Å². The van der Waals surface area contributed by atoms with Gasteiger partial charge in [0.1, 0.15) is 11.1 Å². The fraction of sp³-hybridized carbons (Fsp3) is 0.312. The average Bonchev–Trinajstić information content (AvgIpc) is 2.51. The summed E-state index contributed by atoms with van der Waals surface area (Å²) < 4.78 is 9.90. The molecule has 1 atom stereocenters. The summed E-state index contributed by atoms with van der Waals surface area (Å²) in [5, 5.41) is 3.27. The Balaban J connectivity index is 2.08. The number of benzene rings is 1. The van der Waals surface area contributed by atoms with Gasteiger partial charge in [0.25, 0.3) is 5.91 Å². The first-order valence-electron chi connectivity index (χ1n) is 7.00. The second kappa shape index (κ2) is 6.89. The minimum absolute atomic E-state index is 0.00283. The van der Waals surface area contributed by atoms with Gasteiger partial charge in [-0.1, -0.05) is 25.1 Å². The van der Waals surface area contributed by atoms with Crippen molar-refractivity contribution in [2.24, 2.45) is 0 Å². The zero-order chi connectivity index (χ0) is 16.1. The molecule has 0 bridgehead atoms. The van der Waals surface area contributed by atoms with Crippen molar-refractivity contribution in [3.8, 4) is 0 Å². The normalized spacial score (nSPS) is 11.9. The van der Waals surface area contributed by atoms with E-state index in [1.807, 2.05) is 13.8 Å². The van der Waals surface area contributed by atoms with Gasteiger partial charge in [0.05, 0.1) is 0 Å². The molecule has 116 valence electrons. The van der Waals surface area contributed by atoms with E-state index in [9.17, 15) is 14.4 Å². The summed E-state index contributed by atoms with van der Waals surface area (Å²) in [5.74, 6) is -1.29. The van der Waals surface area contributed by atoms with E-state index < -0.39 is 24.1 Å². The van der Waals surface area contributed by atoms with Crippen molar-refractivity contribution in [2.45, 2.75) is 26.3 Å². The summed E-state index contributed by atoms with van der Waals surface area (Å²) in [6.45, 7) is 3.34. The van der Waals surface area contributed by atoms with E-state index in [-0.39, 0.29) is 11.6 Å². The molecular weight excluding hydrogens is 286 g/mol. The summed E-state index contributed by atoms with van der Waals surface area (Å²) in [5.41, 5.74) is -0.625. The van der Waals surface area contributed by atoms with E-state index >= 15 is 0 Å².